The zero-order valence-corrected chi connectivity index (χ0v) is 13.1. The van der Waals surface area contributed by atoms with Crippen LogP contribution in [0.4, 0.5) is 0 Å². The van der Waals surface area contributed by atoms with Gasteiger partial charge in [0.25, 0.3) is 0 Å². The van der Waals surface area contributed by atoms with E-state index in [1.54, 1.807) is 20.8 Å². The van der Waals surface area contributed by atoms with E-state index < -0.39 is 29.7 Å². The first kappa shape index (κ1) is 17.9. The summed E-state index contributed by atoms with van der Waals surface area (Å²) in [6.07, 6.45) is 3.18. The van der Waals surface area contributed by atoms with E-state index in [9.17, 15) is 14.7 Å². The van der Waals surface area contributed by atoms with Gasteiger partial charge in [-0.15, -0.1) is 0 Å². The Labute approximate surface area is 126 Å². The molecule has 21 heavy (non-hydrogen) atoms. The van der Waals surface area contributed by atoms with E-state index in [2.05, 4.69) is 0 Å². The van der Waals surface area contributed by atoms with E-state index in [-0.39, 0.29) is 12.5 Å². The van der Waals surface area contributed by atoms with Crippen molar-refractivity contribution in [2.45, 2.75) is 77.2 Å². The Morgan fingerprint density at radius 3 is 2.29 bits per heavy atom. The summed E-state index contributed by atoms with van der Waals surface area (Å²) in [7, 11) is 0. The molecule has 1 rings (SSSR count). The predicted molar refractivity (Wildman–Crippen MR) is 77.1 cm³/mol. The molecule has 0 aliphatic heterocycles. The van der Waals surface area contributed by atoms with Crippen molar-refractivity contribution in [1.29, 1.82) is 0 Å². The molecule has 0 bridgehead atoms. The second-order valence-corrected chi connectivity index (χ2v) is 6.58. The van der Waals surface area contributed by atoms with Gasteiger partial charge in [0.1, 0.15) is 23.9 Å². The minimum Gasteiger partial charge on any atom is -0.462 e. The second kappa shape index (κ2) is 7.75. The van der Waals surface area contributed by atoms with E-state index in [4.69, 9.17) is 15.2 Å². The van der Waals surface area contributed by atoms with Gasteiger partial charge in [0.05, 0.1) is 6.42 Å². The van der Waals surface area contributed by atoms with Crippen molar-refractivity contribution >= 4 is 11.9 Å². The Balaban J connectivity index is 2.52. The molecule has 0 spiro atoms. The van der Waals surface area contributed by atoms with Crippen molar-refractivity contribution in [2.24, 2.45) is 11.7 Å². The topological polar surface area (TPSA) is 98.9 Å². The lowest BCUT2D eigenvalue weighted by Gasteiger charge is -2.26. The van der Waals surface area contributed by atoms with Crippen LogP contribution in [0.25, 0.3) is 0 Å². The first-order valence-corrected chi connectivity index (χ1v) is 7.55. The number of ether oxygens (including phenoxy) is 2. The van der Waals surface area contributed by atoms with Crippen LogP contribution in [0, 0.1) is 5.92 Å². The highest BCUT2D eigenvalue weighted by molar-refractivity contribution is 5.80. The largest absolute Gasteiger partial charge is 0.462 e. The average molecular weight is 301 g/mol. The maximum atomic E-state index is 12.0. The highest BCUT2D eigenvalue weighted by Crippen LogP contribution is 2.22. The first-order valence-electron chi connectivity index (χ1n) is 7.55. The van der Waals surface area contributed by atoms with E-state index in [1.807, 2.05) is 0 Å². The van der Waals surface area contributed by atoms with Crippen LogP contribution in [-0.4, -0.2) is 35.0 Å². The zero-order chi connectivity index (χ0) is 16.0. The molecule has 6 nitrogen and oxygen atoms in total. The van der Waals surface area contributed by atoms with Gasteiger partial charge in [-0.2, -0.15) is 0 Å². The number of carbonyl (C=O) groups excluding carboxylic acids is 2. The van der Waals surface area contributed by atoms with Crippen LogP contribution in [0.3, 0.4) is 0 Å². The molecule has 1 fully saturated rings. The predicted octanol–water partition coefficient (Wildman–Crippen LogP) is 1.49. The Morgan fingerprint density at radius 1 is 1.24 bits per heavy atom. The molecule has 0 heterocycles. The van der Waals surface area contributed by atoms with Crippen molar-refractivity contribution < 1.29 is 24.2 Å². The van der Waals surface area contributed by atoms with Crippen molar-refractivity contribution in [2.75, 3.05) is 0 Å². The van der Waals surface area contributed by atoms with Crippen molar-refractivity contribution in [1.82, 2.24) is 0 Å². The fourth-order valence-corrected chi connectivity index (χ4v) is 2.32. The SMILES string of the molecule is CC(C)(C)OC(=O)C(CC(=O)OC1CCCCC1)C(N)O. The number of aliphatic hydroxyl groups excluding tert-OH is 1. The van der Waals surface area contributed by atoms with Gasteiger partial charge in [0, 0.05) is 0 Å². The monoisotopic (exact) mass is 301 g/mol. The quantitative estimate of drug-likeness (QED) is 0.589. The third kappa shape index (κ3) is 6.91. The molecule has 0 radical (unpaired) electrons. The molecule has 3 N–H and O–H groups in total. The van der Waals surface area contributed by atoms with Crippen LogP contribution in [0.15, 0.2) is 0 Å². The smallest absolute Gasteiger partial charge is 0.314 e. The maximum Gasteiger partial charge on any atom is 0.314 e. The van der Waals surface area contributed by atoms with Crippen LogP contribution in [0.2, 0.25) is 0 Å². The summed E-state index contributed by atoms with van der Waals surface area (Å²) in [5, 5.41) is 9.50. The standard InChI is InChI=1S/C15H27NO5/c1-15(2,3)21-14(19)11(13(16)18)9-12(17)20-10-7-5-4-6-8-10/h10-11,13,18H,4-9,16H2,1-3H3. The second-order valence-electron chi connectivity index (χ2n) is 6.58. The third-order valence-corrected chi connectivity index (χ3v) is 3.36. The zero-order valence-electron chi connectivity index (χ0n) is 13.1. The Bertz CT molecular complexity index is 356. The number of rotatable bonds is 5. The molecule has 0 amide bonds. The van der Waals surface area contributed by atoms with Gasteiger partial charge >= 0.3 is 11.9 Å². The molecule has 0 aromatic heterocycles. The lowest BCUT2D eigenvalue weighted by atomic mass is 9.97. The highest BCUT2D eigenvalue weighted by atomic mass is 16.6. The normalized spacial score (nSPS) is 19.7. The van der Waals surface area contributed by atoms with E-state index in [0.29, 0.717) is 0 Å². The maximum absolute atomic E-state index is 12.0. The summed E-state index contributed by atoms with van der Waals surface area (Å²) in [6.45, 7) is 5.14. The average Bonchev–Trinajstić information content (AvgIpc) is 2.34. The molecule has 1 aliphatic rings. The molecule has 6 heteroatoms. The fraction of sp³-hybridized carbons (Fsp3) is 0.867. The lowest BCUT2D eigenvalue weighted by Crippen LogP contribution is -2.41. The Kier molecular flexibility index (Phi) is 6.61. The van der Waals surface area contributed by atoms with Crippen LogP contribution >= 0.6 is 0 Å². The molecule has 2 atom stereocenters. The van der Waals surface area contributed by atoms with Gasteiger partial charge in [-0.3, -0.25) is 9.59 Å². The van der Waals surface area contributed by atoms with E-state index in [0.717, 1.165) is 32.1 Å². The number of nitrogens with two attached hydrogens (primary N) is 1. The number of carbonyl (C=O) groups is 2. The number of hydrogen-bond acceptors (Lipinski definition) is 6. The molecule has 0 saturated heterocycles. The molecular weight excluding hydrogens is 274 g/mol. The summed E-state index contributed by atoms with van der Waals surface area (Å²) in [5.41, 5.74) is 4.69. The molecule has 122 valence electrons. The summed E-state index contributed by atoms with van der Waals surface area (Å²) in [6, 6.07) is 0. The van der Waals surface area contributed by atoms with Crippen LogP contribution in [0.5, 0.6) is 0 Å². The van der Waals surface area contributed by atoms with Gasteiger partial charge < -0.3 is 20.3 Å². The molecule has 1 aliphatic carbocycles. The van der Waals surface area contributed by atoms with Crippen LogP contribution in [0.1, 0.15) is 59.3 Å². The third-order valence-electron chi connectivity index (χ3n) is 3.36. The molecule has 1 saturated carbocycles. The van der Waals surface area contributed by atoms with Crippen molar-refractivity contribution in [3.05, 3.63) is 0 Å². The Hall–Kier alpha value is -1.14. The van der Waals surface area contributed by atoms with Gasteiger partial charge in [-0.25, -0.2) is 0 Å². The summed E-state index contributed by atoms with van der Waals surface area (Å²) < 4.78 is 10.5. The molecular formula is C15H27NO5. The van der Waals surface area contributed by atoms with Gasteiger partial charge in [-0.05, 0) is 46.5 Å². The molecule has 2 unspecified atom stereocenters. The summed E-state index contributed by atoms with van der Waals surface area (Å²) >= 11 is 0. The minimum absolute atomic E-state index is 0.0829. The number of hydrogen-bond donors (Lipinski definition) is 2. The number of aliphatic hydroxyl groups is 1. The summed E-state index contributed by atoms with van der Waals surface area (Å²) in [5.74, 6) is -2.29. The molecule has 0 aromatic carbocycles. The highest BCUT2D eigenvalue weighted by Gasteiger charge is 2.32. The molecule has 0 aromatic rings. The van der Waals surface area contributed by atoms with Crippen molar-refractivity contribution in [3.8, 4) is 0 Å². The lowest BCUT2D eigenvalue weighted by molar-refractivity contribution is -0.169. The van der Waals surface area contributed by atoms with Crippen molar-refractivity contribution in [3.63, 3.8) is 0 Å². The Morgan fingerprint density at radius 2 is 1.81 bits per heavy atom. The van der Waals surface area contributed by atoms with Crippen LogP contribution in [-0.2, 0) is 19.1 Å². The first-order chi connectivity index (χ1) is 9.69. The minimum atomic E-state index is -1.45. The van der Waals surface area contributed by atoms with Gasteiger partial charge in [0.15, 0.2) is 0 Å². The van der Waals surface area contributed by atoms with Gasteiger partial charge in [-0.1, -0.05) is 6.42 Å². The van der Waals surface area contributed by atoms with E-state index >= 15 is 0 Å². The van der Waals surface area contributed by atoms with E-state index in [1.165, 1.54) is 0 Å². The fourth-order valence-electron chi connectivity index (χ4n) is 2.32. The van der Waals surface area contributed by atoms with Gasteiger partial charge in [0.2, 0.25) is 0 Å². The summed E-state index contributed by atoms with van der Waals surface area (Å²) in [4.78, 5) is 23.9. The van der Waals surface area contributed by atoms with Crippen LogP contribution < -0.4 is 5.73 Å². The number of esters is 2.